The molecule has 1 heterocycles. The summed E-state index contributed by atoms with van der Waals surface area (Å²) in [6.07, 6.45) is 5.37. The molecule has 0 atom stereocenters. The van der Waals surface area contributed by atoms with E-state index < -0.39 is 11.5 Å². The van der Waals surface area contributed by atoms with Crippen LogP contribution in [-0.4, -0.2) is 35.9 Å². The summed E-state index contributed by atoms with van der Waals surface area (Å²) in [7, 11) is 0. The zero-order chi connectivity index (χ0) is 23.6. The van der Waals surface area contributed by atoms with Gasteiger partial charge in [-0.05, 0) is 57.0 Å². The number of nitrogens with zero attached hydrogens (tertiary/aromatic N) is 1. The van der Waals surface area contributed by atoms with Crippen molar-refractivity contribution in [3.8, 4) is 5.75 Å². The van der Waals surface area contributed by atoms with Crippen LogP contribution in [0.5, 0.6) is 5.75 Å². The molecule has 0 saturated heterocycles. The first-order valence-corrected chi connectivity index (χ1v) is 11.6. The van der Waals surface area contributed by atoms with Gasteiger partial charge in [0.05, 0.1) is 16.4 Å². The van der Waals surface area contributed by atoms with Crippen molar-refractivity contribution in [3.63, 3.8) is 0 Å². The van der Waals surface area contributed by atoms with E-state index in [-0.39, 0.29) is 24.4 Å². The molecule has 8 heteroatoms. The molecule has 7 nitrogen and oxygen atoms in total. The summed E-state index contributed by atoms with van der Waals surface area (Å²) in [6.45, 7) is 3.07. The Morgan fingerprint density at radius 3 is 2.58 bits per heavy atom. The zero-order valence-corrected chi connectivity index (χ0v) is 19.6. The van der Waals surface area contributed by atoms with Gasteiger partial charge in [0.1, 0.15) is 12.3 Å². The topological polar surface area (TPSA) is 87.7 Å². The molecule has 4 rings (SSSR count). The molecule has 2 aromatic carbocycles. The van der Waals surface area contributed by atoms with Gasteiger partial charge in [-0.15, -0.1) is 0 Å². The monoisotopic (exact) mass is 469 g/mol. The molecule has 2 N–H and O–H groups in total. The van der Waals surface area contributed by atoms with Crippen molar-refractivity contribution < 1.29 is 19.1 Å². The largest absolute Gasteiger partial charge is 0.476 e. The van der Waals surface area contributed by atoms with Crippen LogP contribution in [0.2, 0.25) is 5.02 Å². The lowest BCUT2D eigenvalue weighted by Crippen LogP contribution is -2.54. The van der Waals surface area contributed by atoms with Crippen molar-refractivity contribution in [2.24, 2.45) is 0 Å². The van der Waals surface area contributed by atoms with E-state index in [1.165, 1.54) is 11.3 Å². The lowest BCUT2D eigenvalue weighted by atomic mass is 9.95. The summed E-state index contributed by atoms with van der Waals surface area (Å²) in [6, 6.07) is 12.0. The van der Waals surface area contributed by atoms with Gasteiger partial charge in [0.15, 0.2) is 5.60 Å². The Balaban J connectivity index is 1.57. The lowest BCUT2D eigenvalue weighted by Gasteiger charge is -2.38. The van der Waals surface area contributed by atoms with Crippen LogP contribution in [0.1, 0.15) is 56.3 Å². The highest BCUT2D eigenvalue weighted by Crippen LogP contribution is 2.38. The smallest absolute Gasteiger partial charge is 0.271 e. The van der Waals surface area contributed by atoms with Gasteiger partial charge < -0.3 is 15.4 Å². The van der Waals surface area contributed by atoms with E-state index in [9.17, 15) is 14.4 Å². The molecule has 0 unspecified atom stereocenters. The van der Waals surface area contributed by atoms with E-state index in [2.05, 4.69) is 10.6 Å². The summed E-state index contributed by atoms with van der Waals surface area (Å²) in [5, 5.41) is 6.23. The fourth-order valence-corrected chi connectivity index (χ4v) is 4.46. The molecule has 3 amide bonds. The third-order valence-corrected chi connectivity index (χ3v) is 6.36. The number of halogens is 1. The summed E-state index contributed by atoms with van der Waals surface area (Å²) >= 11 is 6.14. The van der Waals surface area contributed by atoms with Crippen LogP contribution in [0.25, 0.3) is 0 Å². The normalized spacial score (nSPS) is 17.7. The SMILES string of the molecule is CC1(C)Oc2ccc(C(=O)NC3CCCCC3)cc2N(CC(=O)Nc2ccccc2Cl)C1=O. The Morgan fingerprint density at radius 1 is 1.12 bits per heavy atom. The molecule has 1 fully saturated rings. The minimum absolute atomic E-state index is 0.164. The van der Waals surface area contributed by atoms with Gasteiger partial charge in [-0.3, -0.25) is 19.3 Å². The summed E-state index contributed by atoms with van der Waals surface area (Å²) < 4.78 is 5.89. The maximum atomic E-state index is 13.2. The Hall–Kier alpha value is -3.06. The van der Waals surface area contributed by atoms with Gasteiger partial charge in [0.25, 0.3) is 11.8 Å². The highest BCUT2D eigenvalue weighted by atomic mass is 35.5. The van der Waals surface area contributed by atoms with Crippen molar-refractivity contribution in [3.05, 3.63) is 53.1 Å². The molecule has 1 aliphatic carbocycles. The molecule has 1 aliphatic heterocycles. The van der Waals surface area contributed by atoms with Crippen LogP contribution in [0.15, 0.2) is 42.5 Å². The molecule has 33 heavy (non-hydrogen) atoms. The number of ether oxygens (including phenoxy) is 1. The van der Waals surface area contributed by atoms with Gasteiger partial charge in [0, 0.05) is 11.6 Å². The number of carbonyl (C=O) groups excluding carboxylic acids is 3. The average molecular weight is 470 g/mol. The van der Waals surface area contributed by atoms with Crippen LogP contribution < -0.4 is 20.3 Å². The Labute approximate surface area is 198 Å². The predicted octanol–water partition coefficient (Wildman–Crippen LogP) is 4.55. The van der Waals surface area contributed by atoms with E-state index in [1.54, 1.807) is 56.3 Å². The van der Waals surface area contributed by atoms with E-state index in [1.807, 2.05) is 0 Å². The van der Waals surface area contributed by atoms with Gasteiger partial charge >= 0.3 is 0 Å². The number of hydrogen-bond donors (Lipinski definition) is 2. The Kier molecular flexibility index (Phi) is 6.61. The third kappa shape index (κ3) is 5.14. The number of hydrogen-bond acceptors (Lipinski definition) is 4. The van der Waals surface area contributed by atoms with Crippen LogP contribution >= 0.6 is 11.6 Å². The van der Waals surface area contributed by atoms with Crippen LogP contribution in [0.4, 0.5) is 11.4 Å². The number of fused-ring (bicyclic) bond motifs is 1. The fourth-order valence-electron chi connectivity index (χ4n) is 4.28. The maximum absolute atomic E-state index is 13.2. The number of para-hydroxylation sites is 1. The number of benzene rings is 2. The van der Waals surface area contributed by atoms with Crippen molar-refractivity contribution in [1.82, 2.24) is 5.32 Å². The van der Waals surface area contributed by atoms with Crippen LogP contribution in [-0.2, 0) is 9.59 Å². The molecule has 0 aromatic heterocycles. The van der Waals surface area contributed by atoms with Gasteiger partial charge in [-0.2, -0.15) is 0 Å². The molecular weight excluding hydrogens is 442 g/mol. The van der Waals surface area contributed by atoms with Crippen molar-refractivity contribution in [2.75, 3.05) is 16.8 Å². The first-order valence-electron chi connectivity index (χ1n) is 11.2. The van der Waals surface area contributed by atoms with E-state index >= 15 is 0 Å². The minimum Gasteiger partial charge on any atom is -0.476 e. The van der Waals surface area contributed by atoms with Crippen molar-refractivity contribution in [1.29, 1.82) is 0 Å². The molecule has 1 saturated carbocycles. The highest BCUT2D eigenvalue weighted by molar-refractivity contribution is 6.33. The molecule has 174 valence electrons. The fraction of sp³-hybridized carbons (Fsp3) is 0.400. The first-order chi connectivity index (χ1) is 15.7. The Bertz CT molecular complexity index is 1080. The van der Waals surface area contributed by atoms with Gasteiger partial charge in [0.2, 0.25) is 5.91 Å². The number of rotatable bonds is 5. The standard InChI is InChI=1S/C25H28ClN3O4/c1-25(2)24(32)29(15-22(30)28-19-11-7-6-10-18(19)26)20-14-16(12-13-21(20)33-25)23(31)27-17-8-4-3-5-9-17/h6-7,10-14,17H,3-5,8-9,15H2,1-2H3,(H,27,31)(H,28,30). The summed E-state index contributed by atoms with van der Waals surface area (Å²) in [4.78, 5) is 40.2. The molecular formula is C25H28ClN3O4. The van der Waals surface area contributed by atoms with E-state index in [0.29, 0.717) is 27.7 Å². The first kappa shape index (κ1) is 23.1. The number of nitrogens with one attached hydrogen (secondary N) is 2. The predicted molar refractivity (Wildman–Crippen MR) is 128 cm³/mol. The van der Waals surface area contributed by atoms with Gasteiger partial charge in [-0.1, -0.05) is 43.0 Å². The third-order valence-electron chi connectivity index (χ3n) is 6.03. The second-order valence-corrected chi connectivity index (χ2v) is 9.43. The maximum Gasteiger partial charge on any atom is 0.271 e. The molecule has 2 aromatic rings. The van der Waals surface area contributed by atoms with E-state index in [4.69, 9.17) is 16.3 Å². The van der Waals surface area contributed by atoms with E-state index in [0.717, 1.165) is 25.7 Å². The zero-order valence-electron chi connectivity index (χ0n) is 18.8. The molecule has 2 aliphatic rings. The number of carbonyl (C=O) groups is 3. The summed E-state index contributed by atoms with van der Waals surface area (Å²) in [5.41, 5.74) is 0.130. The van der Waals surface area contributed by atoms with Crippen molar-refractivity contribution >= 4 is 40.7 Å². The minimum atomic E-state index is -1.15. The van der Waals surface area contributed by atoms with Crippen LogP contribution in [0.3, 0.4) is 0 Å². The molecule has 0 radical (unpaired) electrons. The van der Waals surface area contributed by atoms with Crippen molar-refractivity contribution in [2.45, 2.75) is 57.6 Å². The molecule has 0 bridgehead atoms. The quantitative estimate of drug-likeness (QED) is 0.672. The highest BCUT2D eigenvalue weighted by Gasteiger charge is 2.42. The second kappa shape index (κ2) is 9.43. The average Bonchev–Trinajstić information content (AvgIpc) is 2.78. The molecule has 0 spiro atoms. The second-order valence-electron chi connectivity index (χ2n) is 9.02. The summed E-state index contributed by atoms with van der Waals surface area (Å²) in [5.74, 6) is -0.520. The number of anilines is 2. The van der Waals surface area contributed by atoms with Crippen LogP contribution in [0, 0.1) is 0 Å². The van der Waals surface area contributed by atoms with Gasteiger partial charge in [-0.25, -0.2) is 0 Å². The Morgan fingerprint density at radius 2 is 1.85 bits per heavy atom. The number of amides is 3. The lowest BCUT2D eigenvalue weighted by molar-refractivity contribution is -0.133.